The van der Waals surface area contributed by atoms with Gasteiger partial charge in [0, 0.05) is 57.0 Å². The minimum atomic E-state index is -4.48. The van der Waals surface area contributed by atoms with Crippen molar-refractivity contribution in [2.24, 2.45) is 45.3 Å². The van der Waals surface area contributed by atoms with E-state index in [1.165, 1.54) is 4.31 Å². The third-order valence-corrected chi connectivity index (χ3v) is 19.3. The number of ketones is 2. The number of hydrogen-bond acceptors (Lipinski definition) is 9. The van der Waals surface area contributed by atoms with Crippen molar-refractivity contribution in [3.05, 3.63) is 12.7 Å². The molecule has 0 aromatic rings. The van der Waals surface area contributed by atoms with Crippen LogP contribution >= 0.6 is 0 Å². The molecule has 4 saturated heterocycles. The first-order valence-corrected chi connectivity index (χ1v) is 25.2. The van der Waals surface area contributed by atoms with Gasteiger partial charge in [0.15, 0.2) is 11.6 Å². The molecular weight excluding hydrogens is 840 g/mol. The maximum atomic E-state index is 15.5. The lowest BCUT2D eigenvalue weighted by Crippen LogP contribution is -2.54. The number of allylic oxidation sites excluding steroid dienone is 1. The van der Waals surface area contributed by atoms with Crippen molar-refractivity contribution < 1.29 is 50.3 Å². The van der Waals surface area contributed by atoms with Crippen molar-refractivity contribution >= 4 is 39.5 Å². The van der Waals surface area contributed by atoms with Gasteiger partial charge in [0.25, 0.3) is 0 Å². The second-order valence-corrected chi connectivity index (χ2v) is 22.7. The Labute approximate surface area is 370 Å². The Bertz CT molecular complexity index is 1920. The summed E-state index contributed by atoms with van der Waals surface area (Å²) in [6.45, 7) is 8.98. The molecule has 2 spiro atoms. The number of rotatable bonds is 16. The molecule has 8 rings (SSSR count). The summed E-state index contributed by atoms with van der Waals surface area (Å²) in [5, 5.41) is 2.94. The van der Waals surface area contributed by atoms with Crippen molar-refractivity contribution in [1.29, 1.82) is 0 Å². The van der Waals surface area contributed by atoms with Crippen LogP contribution in [0.5, 0.6) is 0 Å². The van der Waals surface area contributed by atoms with Gasteiger partial charge in [0.05, 0.1) is 30.1 Å². The topological polar surface area (TPSA) is 162 Å². The Morgan fingerprint density at radius 1 is 0.841 bits per heavy atom. The van der Waals surface area contributed by atoms with Gasteiger partial charge in [-0.3, -0.25) is 28.9 Å². The average Bonchev–Trinajstić information content (AvgIpc) is 3.62. The van der Waals surface area contributed by atoms with Gasteiger partial charge in [0.2, 0.25) is 17.7 Å². The van der Waals surface area contributed by atoms with Crippen LogP contribution in [0.1, 0.15) is 129 Å². The number of amides is 3. The van der Waals surface area contributed by atoms with E-state index < -0.39 is 70.1 Å². The average molecular weight is 908 g/mol. The zero-order valence-corrected chi connectivity index (χ0v) is 38.0. The number of nitrogens with one attached hydrogen (secondary N) is 2. The van der Waals surface area contributed by atoms with E-state index in [0.717, 1.165) is 43.4 Å². The molecule has 17 heteroatoms. The second kappa shape index (κ2) is 17.4. The van der Waals surface area contributed by atoms with Crippen LogP contribution in [0.25, 0.3) is 0 Å². The number of alkyl halides is 3. The van der Waals surface area contributed by atoms with E-state index in [0.29, 0.717) is 84.2 Å². The molecule has 13 nitrogen and oxygen atoms in total. The maximum Gasteiger partial charge on any atom is 0.401 e. The second-order valence-electron chi connectivity index (χ2n) is 21.1. The Morgan fingerprint density at radius 2 is 1.52 bits per heavy atom. The summed E-state index contributed by atoms with van der Waals surface area (Å²) in [7, 11) is -4.11. The third-order valence-electron chi connectivity index (χ3n) is 17.8. The fraction of sp³-hybridized carbons (Fsp3) is 0.848. The van der Waals surface area contributed by atoms with E-state index in [1.54, 1.807) is 11.0 Å². The lowest BCUT2D eigenvalue weighted by Gasteiger charge is -2.37. The lowest BCUT2D eigenvalue weighted by atomic mass is 9.73. The summed E-state index contributed by atoms with van der Waals surface area (Å²) in [4.78, 5) is 76.0. The number of Topliss-reactive ketones (excluding diaryl/α,β-unsaturated/α-hetero) is 2. The Morgan fingerprint density at radius 3 is 2.11 bits per heavy atom. The molecule has 1 unspecified atom stereocenters. The monoisotopic (exact) mass is 907 g/mol. The van der Waals surface area contributed by atoms with Crippen LogP contribution in [0.3, 0.4) is 0 Å². The Kier molecular flexibility index (Phi) is 12.9. The molecule has 3 amide bonds. The minimum Gasteiger partial charge on any atom is -0.381 e. The van der Waals surface area contributed by atoms with E-state index in [9.17, 15) is 40.8 Å². The minimum absolute atomic E-state index is 0.0454. The van der Waals surface area contributed by atoms with Gasteiger partial charge in [-0.05, 0) is 112 Å². The summed E-state index contributed by atoms with van der Waals surface area (Å²) in [6.07, 6.45) is 7.48. The highest BCUT2D eigenvalue weighted by molar-refractivity contribution is 7.87. The smallest absolute Gasteiger partial charge is 0.381 e. The summed E-state index contributed by atoms with van der Waals surface area (Å²) >= 11 is 0. The molecule has 4 aliphatic heterocycles. The predicted molar refractivity (Wildman–Crippen MR) is 227 cm³/mol. The van der Waals surface area contributed by atoms with Crippen molar-refractivity contribution in [2.75, 3.05) is 45.9 Å². The zero-order valence-electron chi connectivity index (χ0n) is 37.2. The number of nitrogens with zero attached hydrogens (tertiary/aromatic N) is 3. The van der Waals surface area contributed by atoms with Crippen molar-refractivity contribution in [3.8, 4) is 0 Å². The molecule has 4 saturated carbocycles. The van der Waals surface area contributed by atoms with Crippen molar-refractivity contribution in [2.45, 2.75) is 154 Å². The number of carbonyl (C=O) groups is 5. The molecule has 4 heterocycles. The standard InChI is InChI=1S/C46H68F3N5O8S/c1-4-32-25-43(32,41(59)51-63(60,61)53-20-8-9-21-53)27-37(56)35-26-45(42(2,3)44(45)17-11-18-44)28-54(35)40(58)33(30-15-22-62-23-16-30)24-36(55)38(31-12-6-5-7-13-31)50-39(57)34-14-10-19-52(34)29-46(47,48)49/h4,30-35,38H,1,5-29H2,2-3H3,(H,50,57)(H,51,59)/t32-,33+,34+,35+,38?,43-,45-/m1/s1. The van der Waals surface area contributed by atoms with E-state index in [2.05, 4.69) is 30.5 Å². The highest BCUT2D eigenvalue weighted by Crippen LogP contribution is 2.88. The molecule has 0 radical (unpaired) electrons. The number of hydrogen-bond donors (Lipinski definition) is 2. The molecule has 63 heavy (non-hydrogen) atoms. The first-order chi connectivity index (χ1) is 29.8. The summed E-state index contributed by atoms with van der Waals surface area (Å²) in [5.74, 6) is -4.00. The highest BCUT2D eigenvalue weighted by Gasteiger charge is 2.85. The lowest BCUT2D eigenvalue weighted by molar-refractivity contribution is -0.152. The van der Waals surface area contributed by atoms with E-state index in [-0.39, 0.29) is 77.8 Å². The van der Waals surface area contributed by atoms with Gasteiger partial charge in [-0.25, -0.2) is 4.72 Å². The number of ether oxygens (including phenoxy) is 1. The fourth-order valence-electron chi connectivity index (χ4n) is 13.8. The first-order valence-electron chi connectivity index (χ1n) is 23.8. The van der Waals surface area contributed by atoms with E-state index in [1.807, 2.05) is 0 Å². The van der Waals surface area contributed by atoms with Crippen molar-refractivity contribution in [1.82, 2.24) is 24.1 Å². The van der Waals surface area contributed by atoms with Gasteiger partial charge in [-0.1, -0.05) is 45.6 Å². The van der Waals surface area contributed by atoms with Crippen LogP contribution in [0.4, 0.5) is 13.2 Å². The van der Waals surface area contributed by atoms with Gasteiger partial charge >= 0.3 is 16.4 Å². The highest BCUT2D eigenvalue weighted by atomic mass is 32.2. The SMILES string of the molecule is C=C[C@@H]1C[C@]1(CC(=O)[C@@H]1C[C@@]2(CN1C(=O)[C@@H](CC(=O)C(NC(=O)[C@@H]1CCCN1CC(F)(F)F)C1CCCCC1)C1CCOCC1)C(C)(C)C21CCC1)C(=O)NS(=O)(=O)N1CCCC1. The molecule has 8 aliphatic rings. The molecule has 2 N–H and O–H groups in total. The van der Waals surface area contributed by atoms with Gasteiger partial charge in [-0.15, -0.1) is 6.58 Å². The summed E-state index contributed by atoms with van der Waals surface area (Å²) in [6, 6.07) is -2.87. The molecular formula is C46H68F3N5O8S. The van der Waals surface area contributed by atoms with Crippen LogP contribution in [0.15, 0.2) is 12.7 Å². The van der Waals surface area contributed by atoms with Crippen LogP contribution in [0.2, 0.25) is 0 Å². The fourth-order valence-corrected chi connectivity index (χ4v) is 15.1. The van der Waals surface area contributed by atoms with Crippen LogP contribution < -0.4 is 10.0 Å². The largest absolute Gasteiger partial charge is 0.401 e. The van der Waals surface area contributed by atoms with Gasteiger partial charge in [-0.2, -0.15) is 25.9 Å². The zero-order chi connectivity index (χ0) is 45.2. The summed E-state index contributed by atoms with van der Waals surface area (Å²) < 4.78 is 76.3. The Balaban J connectivity index is 1.07. The molecule has 0 aromatic heterocycles. The molecule has 0 aromatic carbocycles. The van der Waals surface area contributed by atoms with Crippen LogP contribution in [0, 0.1) is 45.3 Å². The molecule has 0 bridgehead atoms. The maximum absolute atomic E-state index is 15.5. The predicted octanol–water partition coefficient (Wildman–Crippen LogP) is 5.49. The van der Waals surface area contributed by atoms with Crippen LogP contribution in [-0.4, -0.2) is 122 Å². The molecule has 352 valence electrons. The molecule has 7 atom stereocenters. The van der Waals surface area contributed by atoms with Crippen LogP contribution in [-0.2, 0) is 38.9 Å². The number of likely N-dealkylation sites (tertiary alicyclic amines) is 2. The van der Waals surface area contributed by atoms with Crippen molar-refractivity contribution in [3.63, 3.8) is 0 Å². The Hall–Kier alpha value is -2.89. The van der Waals surface area contributed by atoms with E-state index in [4.69, 9.17) is 4.74 Å². The summed E-state index contributed by atoms with van der Waals surface area (Å²) in [5.41, 5.74) is -1.89. The number of halogens is 3. The normalized spacial score (nSPS) is 33.2. The molecule has 4 aliphatic carbocycles. The molecule has 8 fully saturated rings. The van der Waals surface area contributed by atoms with Gasteiger partial charge < -0.3 is 15.0 Å². The van der Waals surface area contributed by atoms with Gasteiger partial charge in [0.1, 0.15) is 0 Å². The van der Waals surface area contributed by atoms with E-state index >= 15 is 4.79 Å². The number of fused-ring (bicyclic) bond motifs is 1. The third kappa shape index (κ3) is 8.44. The number of carbonyl (C=O) groups excluding carboxylic acids is 5. The quantitative estimate of drug-likeness (QED) is 0.191. The first kappa shape index (κ1) is 46.6.